The number of cyclic esters (lactones) is 1. The quantitative estimate of drug-likeness (QED) is 0.749. The fourth-order valence-corrected chi connectivity index (χ4v) is 5.23. The molecule has 2 aromatic carbocycles. The lowest BCUT2D eigenvalue weighted by atomic mass is 9.81. The van der Waals surface area contributed by atoms with Crippen molar-refractivity contribution in [3.63, 3.8) is 0 Å². The Bertz CT molecular complexity index is 1030. The van der Waals surface area contributed by atoms with Gasteiger partial charge in [0.05, 0.1) is 18.2 Å². The van der Waals surface area contributed by atoms with Crippen LogP contribution in [0.5, 0.6) is 5.75 Å². The molecule has 1 spiro atoms. The largest absolute Gasteiger partial charge is 0.495 e. The van der Waals surface area contributed by atoms with Gasteiger partial charge in [-0.25, -0.2) is 4.79 Å². The average molecular weight is 402 g/mol. The van der Waals surface area contributed by atoms with E-state index in [9.17, 15) is 4.79 Å². The van der Waals surface area contributed by atoms with Crippen LogP contribution in [0.15, 0.2) is 42.5 Å². The molecule has 0 bridgehead atoms. The predicted molar refractivity (Wildman–Crippen MR) is 116 cm³/mol. The summed E-state index contributed by atoms with van der Waals surface area (Å²) in [6.45, 7) is 0.514. The number of aryl methyl sites for hydroxylation is 1. The number of fused-ring (bicyclic) bond motifs is 1. The topological polar surface area (TPSA) is 47.6 Å². The summed E-state index contributed by atoms with van der Waals surface area (Å²) in [5, 5.41) is 3.05. The third kappa shape index (κ3) is 3.65. The first-order chi connectivity index (χ1) is 14.6. The van der Waals surface area contributed by atoms with Crippen LogP contribution < -0.4 is 10.1 Å². The molecular weight excluding hydrogens is 374 g/mol. The zero-order valence-electron chi connectivity index (χ0n) is 17.4. The molecule has 0 radical (unpaired) electrons. The van der Waals surface area contributed by atoms with Crippen LogP contribution in [0, 0.1) is 17.8 Å². The first kappa shape index (κ1) is 19.1. The minimum absolute atomic E-state index is 0.142. The van der Waals surface area contributed by atoms with Crippen molar-refractivity contribution in [2.75, 3.05) is 13.7 Å². The molecule has 1 heterocycles. The van der Waals surface area contributed by atoms with Gasteiger partial charge in [-0.1, -0.05) is 42.2 Å². The Morgan fingerprint density at radius 2 is 2.07 bits per heavy atom. The van der Waals surface area contributed by atoms with Gasteiger partial charge in [0, 0.05) is 5.92 Å². The summed E-state index contributed by atoms with van der Waals surface area (Å²) in [5.74, 6) is 8.53. The highest BCUT2D eigenvalue weighted by molar-refractivity contribution is 5.71. The molecule has 0 aromatic heterocycles. The van der Waals surface area contributed by atoms with E-state index in [0.717, 1.165) is 49.8 Å². The van der Waals surface area contributed by atoms with Crippen molar-refractivity contribution in [1.29, 1.82) is 0 Å². The minimum atomic E-state index is -0.263. The van der Waals surface area contributed by atoms with Crippen molar-refractivity contribution in [2.45, 2.75) is 50.0 Å². The third-order valence-electron chi connectivity index (χ3n) is 6.90. The summed E-state index contributed by atoms with van der Waals surface area (Å²) >= 11 is 0. The number of carbonyl (C=O) groups excluding carboxylic acids is 1. The van der Waals surface area contributed by atoms with Gasteiger partial charge in [0.1, 0.15) is 12.4 Å². The molecule has 4 heteroatoms. The van der Waals surface area contributed by atoms with Crippen LogP contribution in [-0.2, 0) is 17.6 Å². The lowest BCUT2D eigenvalue weighted by Crippen LogP contribution is -2.40. The monoisotopic (exact) mass is 401 g/mol. The van der Waals surface area contributed by atoms with Gasteiger partial charge in [-0.2, -0.15) is 0 Å². The number of alkyl carbamates (subject to hydrolysis) is 1. The number of benzene rings is 2. The van der Waals surface area contributed by atoms with Crippen molar-refractivity contribution in [2.24, 2.45) is 5.92 Å². The maximum Gasteiger partial charge on any atom is 0.407 e. The summed E-state index contributed by atoms with van der Waals surface area (Å²) < 4.78 is 10.6. The van der Waals surface area contributed by atoms with Gasteiger partial charge < -0.3 is 14.8 Å². The molecule has 4 nitrogen and oxygen atoms in total. The molecule has 30 heavy (non-hydrogen) atoms. The number of nitrogens with one attached hydrogen (secondary N) is 1. The summed E-state index contributed by atoms with van der Waals surface area (Å²) in [7, 11) is 1.69. The first-order valence-corrected chi connectivity index (χ1v) is 10.9. The maximum atomic E-state index is 11.5. The van der Waals surface area contributed by atoms with E-state index in [-0.39, 0.29) is 11.6 Å². The Balaban J connectivity index is 1.28. The molecule has 2 aliphatic carbocycles. The van der Waals surface area contributed by atoms with Crippen molar-refractivity contribution in [3.8, 4) is 17.6 Å². The van der Waals surface area contributed by atoms with Crippen LogP contribution in [0.3, 0.4) is 0 Å². The second-order valence-corrected chi connectivity index (χ2v) is 8.86. The van der Waals surface area contributed by atoms with Crippen LogP contribution in [0.2, 0.25) is 0 Å². The second kappa shape index (κ2) is 7.72. The van der Waals surface area contributed by atoms with E-state index in [0.29, 0.717) is 18.4 Å². The zero-order valence-corrected chi connectivity index (χ0v) is 17.4. The van der Waals surface area contributed by atoms with Crippen molar-refractivity contribution >= 4 is 6.09 Å². The molecule has 1 saturated carbocycles. The summed E-state index contributed by atoms with van der Waals surface area (Å²) in [6, 6.07) is 14.9. The molecule has 1 N–H and O–H groups in total. The van der Waals surface area contributed by atoms with Crippen LogP contribution in [0.4, 0.5) is 4.79 Å². The van der Waals surface area contributed by atoms with Crippen molar-refractivity contribution < 1.29 is 14.3 Å². The number of hydrogen-bond donors (Lipinski definition) is 1. The summed E-state index contributed by atoms with van der Waals surface area (Å²) in [4.78, 5) is 11.5. The molecule has 1 saturated heterocycles. The van der Waals surface area contributed by atoms with E-state index in [1.807, 2.05) is 24.3 Å². The Hall–Kier alpha value is -2.93. The normalized spacial score (nSPS) is 27.0. The predicted octanol–water partition coefficient (Wildman–Crippen LogP) is 4.60. The molecule has 154 valence electrons. The number of para-hydroxylation sites is 1. The minimum Gasteiger partial charge on any atom is -0.495 e. The molecule has 1 amide bonds. The molecule has 0 unspecified atom stereocenters. The third-order valence-corrected chi connectivity index (χ3v) is 6.90. The Labute approximate surface area is 178 Å². The number of ether oxygens (including phenoxy) is 2. The first-order valence-electron chi connectivity index (χ1n) is 10.9. The van der Waals surface area contributed by atoms with E-state index < -0.39 is 0 Å². The highest BCUT2D eigenvalue weighted by Gasteiger charge is 2.46. The Morgan fingerprint density at radius 3 is 2.90 bits per heavy atom. The second-order valence-electron chi connectivity index (χ2n) is 8.86. The molecule has 2 fully saturated rings. The number of hydrogen-bond acceptors (Lipinski definition) is 3. The highest BCUT2D eigenvalue weighted by atomic mass is 16.6. The molecule has 1 aliphatic heterocycles. The molecule has 5 rings (SSSR count). The Kier molecular flexibility index (Phi) is 4.90. The highest BCUT2D eigenvalue weighted by Crippen LogP contribution is 2.43. The van der Waals surface area contributed by atoms with E-state index >= 15 is 0 Å². The van der Waals surface area contributed by atoms with Gasteiger partial charge in [-0.05, 0) is 73.3 Å². The fourth-order valence-electron chi connectivity index (χ4n) is 5.23. The van der Waals surface area contributed by atoms with Crippen LogP contribution in [0.1, 0.15) is 53.9 Å². The van der Waals surface area contributed by atoms with E-state index in [4.69, 9.17) is 9.47 Å². The van der Waals surface area contributed by atoms with Gasteiger partial charge in [-0.3, -0.25) is 0 Å². The van der Waals surface area contributed by atoms with Crippen molar-refractivity contribution in [3.05, 3.63) is 64.7 Å². The fraction of sp³-hybridized carbons (Fsp3) is 0.423. The van der Waals surface area contributed by atoms with E-state index in [1.165, 1.54) is 16.7 Å². The van der Waals surface area contributed by atoms with Gasteiger partial charge in [-0.15, -0.1) is 0 Å². The van der Waals surface area contributed by atoms with Crippen molar-refractivity contribution in [1.82, 2.24) is 5.32 Å². The SMILES string of the molecule is COc1ccccc1C#C[C@@H]1CCc2cc([C@H]3CC[C@]4(COC(=O)N4)C3)ccc2C1. The smallest absolute Gasteiger partial charge is 0.407 e. The lowest BCUT2D eigenvalue weighted by molar-refractivity contribution is 0.172. The van der Waals surface area contributed by atoms with Crippen LogP contribution in [-0.4, -0.2) is 25.3 Å². The van der Waals surface area contributed by atoms with Gasteiger partial charge in [0.2, 0.25) is 0 Å². The Morgan fingerprint density at radius 1 is 1.17 bits per heavy atom. The average Bonchev–Trinajstić information content (AvgIpc) is 3.37. The standard InChI is InChI=1S/C26H27NO3/c1-29-24-5-3-2-4-19(24)8-6-18-7-9-21-15-22(11-10-20(21)14-18)23-12-13-26(16-23)17-30-25(28)27-26/h2-5,10-11,15,18,23H,7,9,12-14,16-17H2,1H3,(H,27,28)/t18-,23+,26-/m1/s1. The molecule has 3 aliphatic rings. The van der Waals surface area contributed by atoms with Crippen LogP contribution in [0.25, 0.3) is 0 Å². The molecule has 2 aromatic rings. The van der Waals surface area contributed by atoms with E-state index in [1.54, 1.807) is 7.11 Å². The van der Waals surface area contributed by atoms with Gasteiger partial charge >= 0.3 is 6.09 Å². The number of rotatable bonds is 2. The maximum absolute atomic E-state index is 11.5. The van der Waals surface area contributed by atoms with Gasteiger partial charge in [0.15, 0.2) is 0 Å². The van der Waals surface area contributed by atoms with E-state index in [2.05, 4.69) is 35.4 Å². The zero-order chi connectivity index (χ0) is 20.6. The molecular formula is C26H27NO3. The summed E-state index contributed by atoms with van der Waals surface area (Å²) in [5.41, 5.74) is 5.12. The van der Waals surface area contributed by atoms with Crippen LogP contribution >= 0.6 is 0 Å². The number of carbonyl (C=O) groups is 1. The van der Waals surface area contributed by atoms with Gasteiger partial charge in [0.25, 0.3) is 0 Å². The lowest BCUT2D eigenvalue weighted by Gasteiger charge is -2.23. The number of amides is 1. The molecule has 3 atom stereocenters. The summed E-state index contributed by atoms with van der Waals surface area (Å²) in [6.07, 6.45) is 6.00. The number of methoxy groups -OCH3 is 1.